The molecule has 0 aliphatic rings. The summed E-state index contributed by atoms with van der Waals surface area (Å²) in [7, 11) is 0. The van der Waals surface area contributed by atoms with E-state index in [1.165, 1.54) is 12.1 Å². The van der Waals surface area contributed by atoms with E-state index >= 15 is 0 Å². The van der Waals surface area contributed by atoms with Crippen molar-refractivity contribution < 1.29 is 4.39 Å². The first-order valence-electron chi connectivity index (χ1n) is 17.3. The largest absolute Gasteiger partial charge is 0.309 e. The highest BCUT2D eigenvalue weighted by Gasteiger charge is 2.20. The van der Waals surface area contributed by atoms with Crippen molar-refractivity contribution in [3.05, 3.63) is 181 Å². The summed E-state index contributed by atoms with van der Waals surface area (Å²) < 4.78 is 17.0. The van der Waals surface area contributed by atoms with Crippen LogP contribution in [0.25, 0.3) is 83.9 Å². The molecule has 54 heavy (non-hydrogen) atoms. The summed E-state index contributed by atoms with van der Waals surface area (Å²) in [5.74, 6) is 1.14. The molecule has 0 unspecified atom stereocenters. The molecule has 0 aliphatic heterocycles. The lowest BCUT2D eigenvalue weighted by molar-refractivity contribution is 0.628. The quantitative estimate of drug-likeness (QED) is 0.173. The van der Waals surface area contributed by atoms with Crippen molar-refractivity contribution in [2.45, 2.75) is 0 Å². The Morgan fingerprint density at radius 3 is 1.70 bits per heavy atom. The fourth-order valence-electron chi connectivity index (χ4n) is 7.04. The Morgan fingerprint density at radius 1 is 0.426 bits per heavy atom. The molecule has 252 valence electrons. The van der Waals surface area contributed by atoms with Gasteiger partial charge in [0, 0.05) is 33.2 Å². The van der Waals surface area contributed by atoms with E-state index in [0.29, 0.717) is 39.7 Å². The molecule has 9 aromatic rings. The molecule has 2 aromatic heterocycles. The van der Waals surface area contributed by atoms with Gasteiger partial charge in [0.15, 0.2) is 17.5 Å². The van der Waals surface area contributed by atoms with Crippen LogP contribution in [0.5, 0.6) is 0 Å². The number of hydrogen-bond acceptors (Lipinski definition) is 5. The van der Waals surface area contributed by atoms with Crippen molar-refractivity contribution in [3.63, 3.8) is 0 Å². The maximum atomic E-state index is 14.8. The topological polar surface area (TPSA) is 91.2 Å². The molecule has 0 aliphatic carbocycles. The average molecular weight is 695 g/mol. The van der Waals surface area contributed by atoms with Gasteiger partial charge in [0.05, 0.1) is 34.3 Å². The average Bonchev–Trinajstić information content (AvgIpc) is 3.57. The van der Waals surface area contributed by atoms with Gasteiger partial charge in [-0.1, -0.05) is 109 Å². The number of nitriles is 2. The van der Waals surface area contributed by atoms with Crippen LogP contribution in [-0.4, -0.2) is 19.5 Å². The maximum Gasteiger partial charge on any atom is 0.164 e. The van der Waals surface area contributed by atoms with Crippen LogP contribution in [-0.2, 0) is 0 Å². The lowest BCUT2D eigenvalue weighted by Gasteiger charge is -2.16. The van der Waals surface area contributed by atoms with Gasteiger partial charge in [-0.15, -0.1) is 0 Å². The Morgan fingerprint density at radius 2 is 1.04 bits per heavy atom. The Labute approximate surface area is 310 Å². The van der Waals surface area contributed by atoms with E-state index in [2.05, 4.69) is 47.0 Å². The van der Waals surface area contributed by atoms with E-state index in [4.69, 9.17) is 15.0 Å². The normalized spacial score (nSPS) is 11.0. The van der Waals surface area contributed by atoms with E-state index in [0.717, 1.165) is 55.3 Å². The Kier molecular flexibility index (Phi) is 8.00. The summed E-state index contributed by atoms with van der Waals surface area (Å²) in [4.78, 5) is 15.0. The summed E-state index contributed by atoms with van der Waals surface area (Å²) in [5, 5.41) is 21.5. The number of para-hydroxylation sites is 1. The van der Waals surface area contributed by atoms with Crippen molar-refractivity contribution >= 4 is 21.8 Å². The highest BCUT2D eigenvalue weighted by atomic mass is 19.1. The van der Waals surface area contributed by atoms with E-state index in [1.54, 1.807) is 24.3 Å². The molecular formula is C47H27FN6. The van der Waals surface area contributed by atoms with Crippen LogP contribution in [0.1, 0.15) is 11.1 Å². The predicted molar refractivity (Wildman–Crippen MR) is 211 cm³/mol. The highest BCUT2D eigenvalue weighted by molar-refractivity contribution is 6.10. The third kappa shape index (κ3) is 5.82. The summed E-state index contributed by atoms with van der Waals surface area (Å²) in [6.45, 7) is 0. The van der Waals surface area contributed by atoms with E-state index < -0.39 is 0 Å². The van der Waals surface area contributed by atoms with Gasteiger partial charge in [-0.25, -0.2) is 19.3 Å². The number of hydrogen-bond donors (Lipinski definition) is 0. The van der Waals surface area contributed by atoms with Crippen molar-refractivity contribution in [2.75, 3.05) is 0 Å². The maximum absolute atomic E-state index is 14.8. The fourth-order valence-corrected chi connectivity index (χ4v) is 7.04. The zero-order valence-corrected chi connectivity index (χ0v) is 28.6. The van der Waals surface area contributed by atoms with E-state index in [9.17, 15) is 14.9 Å². The van der Waals surface area contributed by atoms with Crippen molar-refractivity contribution in [1.82, 2.24) is 19.5 Å². The van der Waals surface area contributed by atoms with Crippen LogP contribution in [0.4, 0.5) is 4.39 Å². The lowest BCUT2D eigenvalue weighted by atomic mass is 9.97. The van der Waals surface area contributed by atoms with Crippen LogP contribution in [0.15, 0.2) is 164 Å². The van der Waals surface area contributed by atoms with Gasteiger partial charge in [-0.2, -0.15) is 10.5 Å². The second-order valence-electron chi connectivity index (χ2n) is 12.9. The zero-order valence-electron chi connectivity index (χ0n) is 28.6. The molecule has 0 radical (unpaired) electrons. The van der Waals surface area contributed by atoms with Gasteiger partial charge in [-0.3, -0.25) is 0 Å². The SMILES string of the molecule is N#Cc1cc(C#N)cc(-c2ccc3c4ccccc4n(-c4ccc(-c5cccc(F)c5)c(-c5nc(-c6ccccc6)nc(-c6ccccc6)n5)c4)c3c2)c1. The minimum atomic E-state index is -0.344. The Hall–Kier alpha value is -7.74. The van der Waals surface area contributed by atoms with Crippen LogP contribution in [0.2, 0.25) is 0 Å². The van der Waals surface area contributed by atoms with E-state index in [-0.39, 0.29) is 5.82 Å². The molecule has 6 nitrogen and oxygen atoms in total. The number of halogens is 1. The predicted octanol–water partition coefficient (Wildman–Crippen LogP) is 11.2. The third-order valence-electron chi connectivity index (χ3n) is 9.54. The Balaban J connectivity index is 1.32. The zero-order chi connectivity index (χ0) is 36.6. The molecule has 9 rings (SSSR count). The first-order valence-corrected chi connectivity index (χ1v) is 17.3. The molecule has 0 saturated heterocycles. The summed E-state index contributed by atoms with van der Waals surface area (Å²) in [5.41, 5.74) is 9.11. The molecule has 7 aromatic carbocycles. The second kappa shape index (κ2) is 13.4. The fraction of sp³-hybridized carbons (Fsp3) is 0. The first-order chi connectivity index (χ1) is 26.6. The summed E-state index contributed by atoms with van der Waals surface area (Å²) >= 11 is 0. The molecule has 0 spiro atoms. The molecule has 2 heterocycles. The summed E-state index contributed by atoms with van der Waals surface area (Å²) in [6, 6.07) is 56.2. The van der Waals surface area contributed by atoms with Crippen LogP contribution >= 0.6 is 0 Å². The van der Waals surface area contributed by atoms with Gasteiger partial charge in [0.2, 0.25) is 0 Å². The second-order valence-corrected chi connectivity index (χ2v) is 12.9. The van der Waals surface area contributed by atoms with Gasteiger partial charge in [-0.05, 0) is 76.9 Å². The first kappa shape index (κ1) is 32.2. The number of fused-ring (bicyclic) bond motifs is 3. The number of aromatic nitrogens is 4. The highest BCUT2D eigenvalue weighted by Crippen LogP contribution is 2.39. The molecular weight excluding hydrogens is 668 g/mol. The number of nitrogens with zero attached hydrogens (tertiary/aromatic N) is 6. The van der Waals surface area contributed by atoms with Crippen molar-refractivity contribution in [2.24, 2.45) is 0 Å². The number of rotatable bonds is 6. The minimum Gasteiger partial charge on any atom is -0.309 e. The van der Waals surface area contributed by atoms with Crippen molar-refractivity contribution in [3.8, 4) is 74.2 Å². The van der Waals surface area contributed by atoms with Crippen molar-refractivity contribution in [1.29, 1.82) is 10.5 Å². The Bertz CT molecular complexity index is 2880. The molecule has 0 N–H and O–H groups in total. The smallest absolute Gasteiger partial charge is 0.164 e. The van der Waals surface area contributed by atoms with Crippen LogP contribution in [0.3, 0.4) is 0 Å². The van der Waals surface area contributed by atoms with Gasteiger partial charge in [0.25, 0.3) is 0 Å². The molecule has 0 amide bonds. The van der Waals surface area contributed by atoms with Gasteiger partial charge in [0.1, 0.15) is 5.82 Å². The van der Waals surface area contributed by atoms with Gasteiger partial charge >= 0.3 is 0 Å². The lowest BCUT2D eigenvalue weighted by Crippen LogP contribution is -2.02. The molecule has 7 heteroatoms. The monoisotopic (exact) mass is 694 g/mol. The minimum absolute atomic E-state index is 0.344. The van der Waals surface area contributed by atoms with Crippen LogP contribution in [0, 0.1) is 28.5 Å². The number of benzene rings is 7. The molecule has 0 saturated carbocycles. The van der Waals surface area contributed by atoms with Crippen LogP contribution < -0.4 is 0 Å². The summed E-state index contributed by atoms with van der Waals surface area (Å²) in [6.07, 6.45) is 0. The standard InChI is InChI=1S/C47H27FN6/c48-37-15-9-14-35(25-37)39-21-19-38(27-42(39)47-52-45(32-10-3-1-4-11-32)51-46(53-47)33-12-5-2-6-13-33)54-43-17-8-7-16-40(43)41-20-18-34(26-44(41)54)36-23-30(28-49)22-31(24-36)29-50/h1-27H. The van der Waals surface area contributed by atoms with E-state index in [1.807, 2.05) is 97.1 Å². The third-order valence-corrected chi connectivity index (χ3v) is 9.54. The molecule has 0 fully saturated rings. The molecule has 0 bridgehead atoms. The van der Waals surface area contributed by atoms with Gasteiger partial charge < -0.3 is 4.57 Å². The molecule has 0 atom stereocenters.